The molecule has 6 nitrogen and oxygen atoms in total. The van der Waals surface area contributed by atoms with E-state index in [4.69, 9.17) is 9.47 Å². The van der Waals surface area contributed by atoms with Crippen LogP contribution in [0.5, 0.6) is 11.5 Å². The lowest BCUT2D eigenvalue weighted by molar-refractivity contribution is -0.128. The summed E-state index contributed by atoms with van der Waals surface area (Å²) in [7, 11) is 1.60. The molecule has 6 heteroatoms. The van der Waals surface area contributed by atoms with Gasteiger partial charge in [-0.15, -0.1) is 0 Å². The third kappa shape index (κ3) is 4.77. The van der Waals surface area contributed by atoms with Gasteiger partial charge in [0.2, 0.25) is 0 Å². The zero-order chi connectivity index (χ0) is 20.8. The van der Waals surface area contributed by atoms with Gasteiger partial charge in [-0.2, -0.15) is 0 Å². The minimum Gasteiger partial charge on any atom is -0.496 e. The predicted octanol–water partition coefficient (Wildman–Crippen LogP) is 3.34. The summed E-state index contributed by atoms with van der Waals surface area (Å²) in [5.41, 5.74) is 2.54. The molecule has 0 saturated carbocycles. The predicted molar refractivity (Wildman–Crippen MR) is 113 cm³/mol. The van der Waals surface area contributed by atoms with E-state index in [0.717, 1.165) is 17.5 Å². The summed E-state index contributed by atoms with van der Waals surface area (Å²) in [6, 6.07) is 13.0. The van der Waals surface area contributed by atoms with Gasteiger partial charge in [0.25, 0.3) is 11.8 Å². The van der Waals surface area contributed by atoms with Crippen molar-refractivity contribution in [1.29, 1.82) is 0 Å². The number of carbonyl (C=O) groups is 2. The molecule has 29 heavy (non-hydrogen) atoms. The monoisotopic (exact) mass is 394 g/mol. The number of hydrogen-bond acceptors (Lipinski definition) is 4. The fraction of sp³-hybridized carbons (Fsp3) is 0.304. The van der Waals surface area contributed by atoms with Gasteiger partial charge in [0, 0.05) is 18.2 Å². The van der Waals surface area contributed by atoms with E-state index in [0.29, 0.717) is 23.7 Å². The molecule has 3 rings (SSSR count). The Hall–Kier alpha value is -3.28. The molecule has 152 valence electrons. The molecule has 0 bridgehead atoms. The normalized spacial score (nSPS) is 15.6. The van der Waals surface area contributed by atoms with Crippen LogP contribution in [0.1, 0.15) is 24.5 Å². The van der Waals surface area contributed by atoms with Crippen LogP contribution in [0, 0.1) is 6.92 Å². The van der Waals surface area contributed by atoms with Crippen LogP contribution in [0.2, 0.25) is 0 Å². The van der Waals surface area contributed by atoms with Gasteiger partial charge >= 0.3 is 0 Å². The van der Waals surface area contributed by atoms with Crippen molar-refractivity contribution in [2.75, 3.05) is 25.1 Å². The van der Waals surface area contributed by atoms with Gasteiger partial charge in [-0.05, 0) is 43.7 Å². The molecule has 2 amide bonds. The molecule has 1 aliphatic rings. The second kappa shape index (κ2) is 9.28. The van der Waals surface area contributed by atoms with E-state index in [9.17, 15) is 9.59 Å². The zero-order valence-corrected chi connectivity index (χ0v) is 17.0. The number of aryl methyl sites for hydroxylation is 1. The highest BCUT2D eigenvalue weighted by atomic mass is 16.5. The summed E-state index contributed by atoms with van der Waals surface area (Å²) in [5, 5.41) is 2.84. The number of amides is 2. The number of para-hydroxylation sites is 2. The molecule has 1 atom stereocenters. The molecule has 1 aliphatic heterocycles. The summed E-state index contributed by atoms with van der Waals surface area (Å²) in [6.07, 6.45) is 3.32. The van der Waals surface area contributed by atoms with Crippen LogP contribution < -0.4 is 19.7 Å². The van der Waals surface area contributed by atoms with Crippen molar-refractivity contribution in [1.82, 2.24) is 5.32 Å². The van der Waals surface area contributed by atoms with Crippen molar-refractivity contribution in [2.24, 2.45) is 0 Å². The van der Waals surface area contributed by atoms with Gasteiger partial charge in [-0.3, -0.25) is 9.59 Å². The first-order valence-electron chi connectivity index (χ1n) is 9.71. The lowest BCUT2D eigenvalue weighted by atomic mass is 10.1. The second-order valence-corrected chi connectivity index (χ2v) is 6.89. The molecule has 0 aromatic heterocycles. The maximum atomic E-state index is 13.0. The quantitative estimate of drug-likeness (QED) is 0.763. The van der Waals surface area contributed by atoms with E-state index < -0.39 is 6.10 Å². The second-order valence-electron chi connectivity index (χ2n) is 6.89. The summed E-state index contributed by atoms with van der Waals surface area (Å²) in [6.45, 7) is 4.69. The zero-order valence-electron chi connectivity index (χ0n) is 17.0. The van der Waals surface area contributed by atoms with Crippen molar-refractivity contribution in [3.05, 3.63) is 59.7 Å². The molecule has 1 N–H and O–H groups in total. The van der Waals surface area contributed by atoms with Crippen LogP contribution in [-0.2, 0) is 9.59 Å². The Balaban J connectivity index is 1.85. The summed E-state index contributed by atoms with van der Waals surface area (Å²) in [4.78, 5) is 27.0. The van der Waals surface area contributed by atoms with Gasteiger partial charge in [0.15, 0.2) is 6.10 Å². The van der Waals surface area contributed by atoms with Crippen LogP contribution in [0.15, 0.2) is 48.5 Å². The van der Waals surface area contributed by atoms with Gasteiger partial charge in [-0.25, -0.2) is 0 Å². The van der Waals surface area contributed by atoms with Gasteiger partial charge < -0.3 is 19.7 Å². The number of methoxy groups -OCH3 is 1. The highest BCUT2D eigenvalue weighted by Gasteiger charge is 2.32. The first-order chi connectivity index (χ1) is 14.0. The number of nitrogens with zero attached hydrogens (tertiary/aromatic N) is 1. The molecule has 0 unspecified atom stereocenters. The molecular weight excluding hydrogens is 368 g/mol. The molecule has 2 aromatic carbocycles. The maximum absolute atomic E-state index is 13.0. The molecule has 0 fully saturated rings. The number of nitrogens with one attached hydrogen (secondary N) is 1. The van der Waals surface area contributed by atoms with Crippen LogP contribution in [0.4, 0.5) is 5.69 Å². The molecular formula is C23H26N2O4. The lowest BCUT2D eigenvalue weighted by Crippen LogP contribution is -2.50. The standard InChI is InChI=1S/C23H26N2O4/c1-4-13-24-23(27)21-15-25(18-7-5-6-8-20(18)29-21)22(26)12-10-17-14-16(2)9-11-19(17)28-3/h5-12,14,21H,4,13,15H2,1-3H3,(H,24,27)/b12-10+/t21-/m0/s1. The topological polar surface area (TPSA) is 67.9 Å². The molecule has 1 heterocycles. The Bertz CT molecular complexity index is 923. The number of anilines is 1. The minimum atomic E-state index is -0.748. The van der Waals surface area contributed by atoms with Crippen molar-refractivity contribution in [3.63, 3.8) is 0 Å². The van der Waals surface area contributed by atoms with Crippen LogP contribution in [0.3, 0.4) is 0 Å². The largest absolute Gasteiger partial charge is 0.496 e. The lowest BCUT2D eigenvalue weighted by Gasteiger charge is -2.33. The maximum Gasteiger partial charge on any atom is 0.262 e. The Morgan fingerprint density at radius 2 is 2.07 bits per heavy atom. The van der Waals surface area contributed by atoms with Crippen molar-refractivity contribution < 1.29 is 19.1 Å². The Labute approximate surface area is 171 Å². The first kappa shape index (κ1) is 20.5. The van der Waals surface area contributed by atoms with Gasteiger partial charge in [0.1, 0.15) is 11.5 Å². The van der Waals surface area contributed by atoms with E-state index >= 15 is 0 Å². The molecule has 2 aromatic rings. The Morgan fingerprint density at radius 1 is 1.28 bits per heavy atom. The highest BCUT2D eigenvalue weighted by molar-refractivity contribution is 6.06. The van der Waals surface area contributed by atoms with Crippen LogP contribution in [-0.4, -0.2) is 38.1 Å². The summed E-state index contributed by atoms with van der Waals surface area (Å²) in [5.74, 6) is 0.769. The highest BCUT2D eigenvalue weighted by Crippen LogP contribution is 2.33. The first-order valence-corrected chi connectivity index (χ1v) is 9.71. The Morgan fingerprint density at radius 3 is 2.83 bits per heavy atom. The number of hydrogen-bond donors (Lipinski definition) is 1. The SMILES string of the molecule is CCCNC(=O)[C@@H]1CN(C(=O)/C=C/c2cc(C)ccc2OC)c2ccccc2O1. The number of carbonyl (C=O) groups excluding carboxylic acids is 2. The van der Waals surface area contributed by atoms with Crippen molar-refractivity contribution in [2.45, 2.75) is 26.4 Å². The van der Waals surface area contributed by atoms with E-state index in [2.05, 4.69) is 5.32 Å². The smallest absolute Gasteiger partial charge is 0.262 e. The number of ether oxygens (including phenoxy) is 2. The number of benzene rings is 2. The van der Waals surface area contributed by atoms with Crippen LogP contribution in [0.25, 0.3) is 6.08 Å². The summed E-state index contributed by atoms with van der Waals surface area (Å²) < 4.78 is 11.2. The Kier molecular flexibility index (Phi) is 6.54. The summed E-state index contributed by atoms with van der Waals surface area (Å²) >= 11 is 0. The van der Waals surface area contributed by atoms with Crippen molar-refractivity contribution in [3.8, 4) is 11.5 Å². The molecule has 0 spiro atoms. The molecule has 0 saturated heterocycles. The number of rotatable bonds is 6. The van der Waals surface area contributed by atoms with E-state index in [1.807, 2.05) is 50.2 Å². The van der Waals surface area contributed by atoms with E-state index in [1.165, 1.54) is 6.08 Å². The third-order valence-electron chi connectivity index (χ3n) is 4.67. The average Bonchev–Trinajstić information content (AvgIpc) is 2.75. The molecule has 0 radical (unpaired) electrons. The van der Waals surface area contributed by atoms with Crippen LogP contribution >= 0.6 is 0 Å². The average molecular weight is 394 g/mol. The minimum absolute atomic E-state index is 0.153. The van der Waals surface area contributed by atoms with E-state index in [-0.39, 0.29) is 18.4 Å². The van der Waals surface area contributed by atoms with Gasteiger partial charge in [-0.1, -0.05) is 30.7 Å². The fourth-order valence-corrected chi connectivity index (χ4v) is 3.18. The number of fused-ring (bicyclic) bond motifs is 1. The molecule has 0 aliphatic carbocycles. The fourth-order valence-electron chi connectivity index (χ4n) is 3.18. The third-order valence-corrected chi connectivity index (χ3v) is 4.67. The van der Waals surface area contributed by atoms with E-state index in [1.54, 1.807) is 24.2 Å². The van der Waals surface area contributed by atoms with Crippen molar-refractivity contribution >= 4 is 23.6 Å². The van der Waals surface area contributed by atoms with Gasteiger partial charge in [0.05, 0.1) is 19.3 Å².